The number of halogens is 3. The Bertz CT molecular complexity index is 863. The molecule has 5 nitrogen and oxygen atoms in total. The molecule has 130 valence electrons. The van der Waals surface area contributed by atoms with Crippen molar-refractivity contribution in [3.8, 4) is 11.5 Å². The molecule has 0 unspecified atom stereocenters. The molecule has 8 heteroatoms. The number of Topliss-reactive ketones (excluding diaryl/α,β-unsaturated/α-hetero) is 1. The Morgan fingerprint density at radius 1 is 1.12 bits per heavy atom. The highest BCUT2D eigenvalue weighted by atomic mass is 19.3. The molecule has 0 amide bonds. The van der Waals surface area contributed by atoms with E-state index in [1.54, 1.807) is 0 Å². The first kappa shape index (κ1) is 16.8. The lowest BCUT2D eigenvalue weighted by atomic mass is 10.0. The third-order valence-electron chi connectivity index (χ3n) is 3.56. The van der Waals surface area contributed by atoms with Gasteiger partial charge in [-0.05, 0) is 29.8 Å². The summed E-state index contributed by atoms with van der Waals surface area (Å²) < 4.78 is 53.3. The van der Waals surface area contributed by atoms with E-state index < -0.39 is 23.9 Å². The van der Waals surface area contributed by atoms with Crippen molar-refractivity contribution in [3.63, 3.8) is 0 Å². The Hall–Kier alpha value is -3.03. The fourth-order valence-electron chi connectivity index (χ4n) is 2.38. The van der Waals surface area contributed by atoms with Gasteiger partial charge in [0.25, 0.3) is 0 Å². The van der Waals surface area contributed by atoms with Crippen LogP contribution in [0.1, 0.15) is 26.3 Å². The van der Waals surface area contributed by atoms with E-state index in [4.69, 9.17) is 0 Å². The van der Waals surface area contributed by atoms with Gasteiger partial charge < -0.3 is 14.2 Å². The van der Waals surface area contributed by atoms with Gasteiger partial charge in [0.05, 0.1) is 12.7 Å². The van der Waals surface area contributed by atoms with Crippen LogP contribution in [0, 0.1) is 5.82 Å². The van der Waals surface area contributed by atoms with Gasteiger partial charge in [-0.1, -0.05) is 12.1 Å². The molecule has 0 saturated heterocycles. The molecule has 0 N–H and O–H groups in total. The molecule has 25 heavy (non-hydrogen) atoms. The van der Waals surface area contributed by atoms with Crippen LogP contribution in [0.15, 0.2) is 36.4 Å². The van der Waals surface area contributed by atoms with Crippen LogP contribution < -0.4 is 9.47 Å². The van der Waals surface area contributed by atoms with E-state index in [-0.39, 0.29) is 34.6 Å². The van der Waals surface area contributed by atoms with Crippen LogP contribution in [0.3, 0.4) is 0 Å². The minimum absolute atomic E-state index is 0.0177. The topological polar surface area (TPSA) is 61.8 Å². The Morgan fingerprint density at radius 3 is 2.56 bits per heavy atom. The third kappa shape index (κ3) is 3.28. The summed E-state index contributed by atoms with van der Waals surface area (Å²) in [6, 6.07) is 7.54. The molecule has 0 bridgehead atoms. The number of esters is 1. The second-order valence-corrected chi connectivity index (χ2v) is 5.20. The number of ether oxygens (including phenoxy) is 3. The number of ketones is 1. The molecular weight excluding hydrogens is 341 g/mol. The zero-order valence-electron chi connectivity index (χ0n) is 12.8. The van der Waals surface area contributed by atoms with E-state index in [1.165, 1.54) is 30.3 Å². The Kier molecular flexibility index (Phi) is 4.12. The molecule has 0 aromatic heterocycles. The number of hydrogen-bond donors (Lipinski definition) is 0. The monoisotopic (exact) mass is 352 g/mol. The second kappa shape index (κ2) is 6.12. The second-order valence-electron chi connectivity index (χ2n) is 5.20. The van der Waals surface area contributed by atoms with Gasteiger partial charge in [-0.25, -0.2) is 9.18 Å². The van der Waals surface area contributed by atoms with Crippen LogP contribution in [0.4, 0.5) is 13.2 Å². The number of fused-ring (bicyclic) bond motifs is 1. The number of rotatable bonds is 4. The zero-order chi connectivity index (χ0) is 18.2. The van der Waals surface area contributed by atoms with Crippen molar-refractivity contribution >= 4 is 11.8 Å². The van der Waals surface area contributed by atoms with Crippen molar-refractivity contribution in [1.29, 1.82) is 0 Å². The summed E-state index contributed by atoms with van der Waals surface area (Å²) in [5.41, 5.74) is -0.267. The first-order valence-electron chi connectivity index (χ1n) is 7.09. The Balaban J connectivity index is 1.84. The van der Waals surface area contributed by atoms with Crippen molar-refractivity contribution in [1.82, 2.24) is 0 Å². The molecule has 0 saturated carbocycles. The SMILES string of the molecule is COC(=O)c1cccc(CC(=O)c2ccc3c(c2)OC(F)(F)O3)c1F. The van der Waals surface area contributed by atoms with E-state index in [2.05, 4.69) is 14.2 Å². The van der Waals surface area contributed by atoms with Gasteiger partial charge in [0.15, 0.2) is 17.3 Å². The predicted octanol–water partition coefficient (Wildman–Crippen LogP) is 3.36. The molecule has 0 atom stereocenters. The summed E-state index contributed by atoms with van der Waals surface area (Å²) >= 11 is 0. The van der Waals surface area contributed by atoms with Gasteiger partial charge in [0.2, 0.25) is 0 Å². The Morgan fingerprint density at radius 2 is 1.84 bits per heavy atom. The first-order valence-corrected chi connectivity index (χ1v) is 7.09. The molecular formula is C17H11F3O5. The fourth-order valence-corrected chi connectivity index (χ4v) is 2.38. The average Bonchev–Trinajstić information content (AvgIpc) is 2.88. The van der Waals surface area contributed by atoms with Crippen LogP contribution in [0.5, 0.6) is 11.5 Å². The van der Waals surface area contributed by atoms with Crippen LogP contribution in [0.25, 0.3) is 0 Å². The minimum atomic E-state index is -3.79. The summed E-state index contributed by atoms with van der Waals surface area (Å²) in [4.78, 5) is 23.8. The van der Waals surface area contributed by atoms with Crippen LogP contribution >= 0.6 is 0 Å². The lowest BCUT2D eigenvalue weighted by Crippen LogP contribution is -2.25. The van der Waals surface area contributed by atoms with Crippen molar-refractivity contribution in [2.75, 3.05) is 7.11 Å². The highest BCUT2D eigenvalue weighted by Gasteiger charge is 2.43. The zero-order valence-corrected chi connectivity index (χ0v) is 12.8. The summed E-state index contributed by atoms with van der Waals surface area (Å²) in [5.74, 6) is -2.74. The lowest BCUT2D eigenvalue weighted by molar-refractivity contribution is -0.286. The first-order chi connectivity index (χ1) is 11.8. The van der Waals surface area contributed by atoms with E-state index in [0.717, 1.165) is 13.2 Å². The highest BCUT2D eigenvalue weighted by Crippen LogP contribution is 2.41. The number of alkyl halides is 2. The number of hydrogen-bond acceptors (Lipinski definition) is 5. The fraction of sp³-hybridized carbons (Fsp3) is 0.176. The number of carbonyl (C=O) groups excluding carboxylic acids is 2. The summed E-state index contributed by atoms with van der Waals surface area (Å²) in [7, 11) is 1.11. The van der Waals surface area contributed by atoms with Gasteiger partial charge in [0, 0.05) is 12.0 Å². The van der Waals surface area contributed by atoms with Crippen molar-refractivity contribution in [2.45, 2.75) is 12.7 Å². The molecule has 0 aliphatic carbocycles. The molecule has 2 aromatic rings. The third-order valence-corrected chi connectivity index (χ3v) is 3.56. The van der Waals surface area contributed by atoms with Crippen LogP contribution in [0.2, 0.25) is 0 Å². The molecule has 1 heterocycles. The summed E-state index contributed by atoms with van der Waals surface area (Å²) in [6.07, 6.45) is -4.16. The molecule has 1 aliphatic heterocycles. The largest absolute Gasteiger partial charge is 0.586 e. The average molecular weight is 352 g/mol. The lowest BCUT2D eigenvalue weighted by Gasteiger charge is -2.07. The highest BCUT2D eigenvalue weighted by molar-refractivity contribution is 5.98. The van der Waals surface area contributed by atoms with E-state index in [0.29, 0.717) is 0 Å². The number of benzene rings is 2. The van der Waals surface area contributed by atoms with Crippen molar-refractivity contribution in [2.24, 2.45) is 0 Å². The Labute approximate surface area is 139 Å². The van der Waals surface area contributed by atoms with Gasteiger partial charge in [-0.15, -0.1) is 8.78 Å². The maximum Gasteiger partial charge on any atom is 0.586 e. The molecule has 1 aliphatic rings. The number of carbonyl (C=O) groups is 2. The smallest absolute Gasteiger partial charge is 0.465 e. The maximum absolute atomic E-state index is 14.3. The normalized spacial score (nSPS) is 14.2. The van der Waals surface area contributed by atoms with Gasteiger partial charge in [-0.2, -0.15) is 0 Å². The predicted molar refractivity (Wildman–Crippen MR) is 78.4 cm³/mol. The van der Waals surface area contributed by atoms with Crippen molar-refractivity contribution in [3.05, 3.63) is 58.9 Å². The minimum Gasteiger partial charge on any atom is -0.465 e. The molecule has 2 aromatic carbocycles. The van der Waals surface area contributed by atoms with Crippen LogP contribution in [-0.2, 0) is 11.2 Å². The molecule has 0 spiro atoms. The summed E-state index contributed by atoms with van der Waals surface area (Å²) in [5, 5.41) is 0. The van der Waals surface area contributed by atoms with E-state index >= 15 is 0 Å². The molecule has 3 rings (SSSR count). The van der Waals surface area contributed by atoms with Crippen molar-refractivity contribution < 1.29 is 37.0 Å². The quantitative estimate of drug-likeness (QED) is 0.624. The van der Waals surface area contributed by atoms with Gasteiger partial charge >= 0.3 is 12.3 Å². The molecule has 0 radical (unpaired) electrons. The van der Waals surface area contributed by atoms with Gasteiger partial charge in [-0.3, -0.25) is 4.79 Å². The maximum atomic E-state index is 14.3. The summed E-state index contributed by atoms with van der Waals surface area (Å²) in [6.45, 7) is 0. The number of methoxy groups -OCH3 is 1. The van der Waals surface area contributed by atoms with Gasteiger partial charge in [0.1, 0.15) is 5.82 Å². The van der Waals surface area contributed by atoms with E-state index in [9.17, 15) is 22.8 Å². The standard InChI is InChI=1S/C17H11F3O5/c1-23-16(22)11-4-2-3-10(15(11)18)7-12(21)9-5-6-13-14(8-9)25-17(19,20)24-13/h2-6,8H,7H2,1H3. The van der Waals surface area contributed by atoms with E-state index in [1.807, 2.05) is 0 Å². The van der Waals surface area contributed by atoms with Crippen LogP contribution in [-0.4, -0.2) is 25.2 Å². The molecule has 0 fully saturated rings.